The van der Waals surface area contributed by atoms with Gasteiger partial charge in [-0.2, -0.15) is 0 Å². The highest BCUT2D eigenvalue weighted by atomic mass is 16.6. The smallest absolute Gasteiger partial charge is 0.408 e. The number of ether oxygens (including phenoxy) is 2. The molecule has 1 aliphatic carbocycles. The van der Waals surface area contributed by atoms with Gasteiger partial charge < -0.3 is 30.9 Å². The van der Waals surface area contributed by atoms with Crippen molar-refractivity contribution in [2.75, 3.05) is 6.54 Å². The maximum atomic E-state index is 13.8. The molecule has 2 aromatic rings. The number of nitrogens with one attached hydrogen (secondary N) is 2. The topological polar surface area (TPSA) is 157 Å². The summed E-state index contributed by atoms with van der Waals surface area (Å²) in [6.45, 7) is 4.67. The summed E-state index contributed by atoms with van der Waals surface area (Å²) in [5.41, 5.74) is 5.88. The van der Waals surface area contributed by atoms with Crippen molar-refractivity contribution in [3.8, 4) is 5.75 Å². The van der Waals surface area contributed by atoms with Crippen molar-refractivity contribution in [3.05, 3.63) is 90.0 Å². The van der Waals surface area contributed by atoms with Crippen LogP contribution in [0.3, 0.4) is 0 Å². The Balaban J connectivity index is 1.75. The number of carbonyl (C=O) groups is 4. The number of hydrogen-bond acceptors (Lipinski definition) is 8. The molecule has 0 spiro atoms. The van der Waals surface area contributed by atoms with Crippen LogP contribution in [-0.4, -0.2) is 53.1 Å². The van der Waals surface area contributed by atoms with Crippen molar-refractivity contribution in [1.82, 2.24) is 10.6 Å². The lowest BCUT2D eigenvalue weighted by Crippen LogP contribution is -2.54. The van der Waals surface area contributed by atoms with Crippen LogP contribution in [0.1, 0.15) is 44.7 Å². The second kappa shape index (κ2) is 14.5. The zero-order valence-corrected chi connectivity index (χ0v) is 24.2. The Morgan fingerprint density at radius 1 is 1.00 bits per heavy atom. The van der Waals surface area contributed by atoms with E-state index in [4.69, 9.17) is 15.2 Å². The fourth-order valence-electron chi connectivity index (χ4n) is 4.54. The van der Waals surface area contributed by atoms with Crippen molar-refractivity contribution in [3.63, 3.8) is 0 Å². The third kappa shape index (κ3) is 9.88. The van der Waals surface area contributed by atoms with Crippen LogP contribution >= 0.6 is 0 Å². The maximum absolute atomic E-state index is 13.8. The van der Waals surface area contributed by atoms with Crippen LogP contribution in [0.5, 0.6) is 5.75 Å². The van der Waals surface area contributed by atoms with Gasteiger partial charge >= 0.3 is 12.1 Å². The van der Waals surface area contributed by atoms with Crippen LogP contribution in [0.4, 0.5) is 4.79 Å². The zero-order chi connectivity index (χ0) is 30.8. The van der Waals surface area contributed by atoms with E-state index in [0.29, 0.717) is 0 Å². The normalized spacial score (nSPS) is 17.5. The van der Waals surface area contributed by atoms with Gasteiger partial charge in [0.25, 0.3) is 0 Å². The standard InChI is InChI=1S/C32H39N3O7/c1-31(2,3)42-30(40)35-26(29(39)34-20-27(37)41-21-23-10-6-4-7-11-23)19-32(16-8-5-9-17-32)28(38)25(33)18-22-12-14-24(36)15-13-22/h4-16,25-26,36H,17-21,33H2,1-3H3,(H,34,39)(H,35,40)/t25-,26+,32?/m0/s1. The molecule has 3 rings (SSSR count). The lowest BCUT2D eigenvalue weighted by molar-refractivity contribution is -0.145. The number of rotatable bonds is 12. The number of aromatic hydroxyl groups is 1. The number of carbonyl (C=O) groups excluding carboxylic acids is 4. The summed E-state index contributed by atoms with van der Waals surface area (Å²) in [7, 11) is 0. The van der Waals surface area contributed by atoms with Crippen molar-refractivity contribution in [2.45, 2.75) is 64.3 Å². The van der Waals surface area contributed by atoms with Crippen molar-refractivity contribution in [2.24, 2.45) is 11.1 Å². The lowest BCUT2D eigenvalue weighted by atomic mass is 9.70. The van der Waals surface area contributed by atoms with Gasteiger partial charge in [0.2, 0.25) is 5.91 Å². The zero-order valence-electron chi connectivity index (χ0n) is 24.2. The molecule has 2 amide bonds. The molecule has 42 heavy (non-hydrogen) atoms. The van der Waals surface area contributed by atoms with E-state index < -0.39 is 47.6 Å². The molecule has 0 aromatic heterocycles. The molecule has 0 heterocycles. The average molecular weight is 578 g/mol. The molecule has 5 N–H and O–H groups in total. The number of Topliss-reactive ketones (excluding diaryl/α,β-unsaturated/α-hetero) is 1. The predicted octanol–water partition coefficient (Wildman–Crippen LogP) is 3.48. The van der Waals surface area contributed by atoms with E-state index in [9.17, 15) is 24.3 Å². The minimum absolute atomic E-state index is 0.0444. The molecule has 3 atom stereocenters. The Kier molecular flexibility index (Phi) is 11.0. The molecule has 10 nitrogen and oxygen atoms in total. The summed E-state index contributed by atoms with van der Waals surface area (Å²) in [6, 6.07) is 13.3. The number of phenolic OH excluding ortho intramolecular Hbond substituents is 1. The number of allylic oxidation sites excluding steroid dienone is 4. The number of esters is 1. The molecule has 10 heteroatoms. The second-order valence-electron chi connectivity index (χ2n) is 11.3. The summed E-state index contributed by atoms with van der Waals surface area (Å²) in [5.74, 6) is -1.56. The fourth-order valence-corrected chi connectivity index (χ4v) is 4.54. The molecule has 224 valence electrons. The lowest BCUT2D eigenvalue weighted by Gasteiger charge is -2.35. The number of amides is 2. The molecule has 2 aromatic carbocycles. The molecular formula is C32H39N3O7. The number of phenols is 1. The monoisotopic (exact) mass is 577 g/mol. The molecule has 0 bridgehead atoms. The van der Waals surface area contributed by atoms with Gasteiger partial charge in [0.1, 0.15) is 30.5 Å². The van der Waals surface area contributed by atoms with E-state index in [1.54, 1.807) is 57.2 Å². The number of ketones is 1. The minimum atomic E-state index is -1.23. The molecule has 1 aliphatic rings. The summed E-state index contributed by atoms with van der Waals surface area (Å²) >= 11 is 0. The average Bonchev–Trinajstić information content (AvgIpc) is 2.95. The van der Waals surface area contributed by atoms with Gasteiger partial charge in [0.05, 0.1) is 11.5 Å². The number of nitrogens with two attached hydrogens (primary N) is 1. The molecule has 0 radical (unpaired) electrons. The minimum Gasteiger partial charge on any atom is -0.508 e. The second-order valence-corrected chi connectivity index (χ2v) is 11.3. The predicted molar refractivity (Wildman–Crippen MR) is 157 cm³/mol. The highest BCUT2D eigenvalue weighted by Crippen LogP contribution is 2.36. The first-order valence-electron chi connectivity index (χ1n) is 13.8. The van der Waals surface area contributed by atoms with Crippen LogP contribution < -0.4 is 16.4 Å². The van der Waals surface area contributed by atoms with Gasteiger partial charge in [-0.05, 0) is 63.3 Å². The first-order chi connectivity index (χ1) is 19.9. The Labute approximate surface area is 246 Å². The van der Waals surface area contributed by atoms with E-state index in [0.717, 1.165) is 11.1 Å². The summed E-state index contributed by atoms with van der Waals surface area (Å²) < 4.78 is 10.6. The van der Waals surface area contributed by atoms with Crippen LogP contribution in [0.25, 0.3) is 0 Å². The Morgan fingerprint density at radius 2 is 1.69 bits per heavy atom. The van der Waals surface area contributed by atoms with Gasteiger partial charge in [-0.3, -0.25) is 14.4 Å². The Hall–Kier alpha value is -4.44. The third-order valence-corrected chi connectivity index (χ3v) is 6.59. The van der Waals surface area contributed by atoms with E-state index in [1.165, 1.54) is 12.1 Å². The molecule has 1 unspecified atom stereocenters. The molecule has 0 aliphatic heterocycles. The van der Waals surface area contributed by atoms with Gasteiger partial charge in [0, 0.05) is 0 Å². The largest absolute Gasteiger partial charge is 0.508 e. The van der Waals surface area contributed by atoms with E-state index >= 15 is 0 Å². The van der Waals surface area contributed by atoms with E-state index in [2.05, 4.69) is 10.6 Å². The highest BCUT2D eigenvalue weighted by Gasteiger charge is 2.42. The van der Waals surface area contributed by atoms with Crippen LogP contribution in [0, 0.1) is 5.41 Å². The van der Waals surface area contributed by atoms with Crippen molar-refractivity contribution in [1.29, 1.82) is 0 Å². The van der Waals surface area contributed by atoms with Crippen LogP contribution in [0.2, 0.25) is 0 Å². The maximum Gasteiger partial charge on any atom is 0.408 e. The quantitative estimate of drug-likeness (QED) is 0.279. The number of benzene rings is 2. The number of hydrogen-bond donors (Lipinski definition) is 4. The van der Waals surface area contributed by atoms with Gasteiger partial charge in [0.15, 0.2) is 5.78 Å². The van der Waals surface area contributed by atoms with Crippen LogP contribution in [-0.2, 0) is 36.9 Å². The summed E-state index contributed by atoms with van der Waals surface area (Å²) in [4.78, 5) is 52.3. The Bertz CT molecular complexity index is 1300. The molecular weight excluding hydrogens is 538 g/mol. The third-order valence-electron chi connectivity index (χ3n) is 6.59. The van der Waals surface area contributed by atoms with Crippen molar-refractivity contribution >= 4 is 23.8 Å². The SMILES string of the molecule is CC(C)(C)OC(=O)N[C@H](CC1(C(=O)[C@@H](N)Cc2ccc(O)cc2)C=CC=CC1)C(=O)NCC(=O)OCc1ccccc1. The molecule has 0 saturated carbocycles. The molecule has 0 saturated heterocycles. The highest BCUT2D eigenvalue weighted by molar-refractivity contribution is 5.94. The number of alkyl carbamates (subject to hydrolysis) is 1. The van der Waals surface area contributed by atoms with Gasteiger partial charge in [-0.15, -0.1) is 0 Å². The first-order valence-corrected chi connectivity index (χ1v) is 13.8. The van der Waals surface area contributed by atoms with E-state index in [-0.39, 0.29) is 37.4 Å². The summed E-state index contributed by atoms with van der Waals surface area (Å²) in [5, 5.41) is 14.7. The summed E-state index contributed by atoms with van der Waals surface area (Å²) in [6.07, 6.45) is 6.48. The fraction of sp³-hybridized carbons (Fsp3) is 0.375. The first kappa shape index (κ1) is 32.1. The Morgan fingerprint density at radius 3 is 2.31 bits per heavy atom. The van der Waals surface area contributed by atoms with Gasteiger partial charge in [-0.1, -0.05) is 66.8 Å². The van der Waals surface area contributed by atoms with Crippen molar-refractivity contribution < 1.29 is 33.8 Å². The van der Waals surface area contributed by atoms with E-state index in [1.807, 2.05) is 30.3 Å². The van der Waals surface area contributed by atoms with Gasteiger partial charge in [-0.25, -0.2) is 4.79 Å². The van der Waals surface area contributed by atoms with Crippen LogP contribution in [0.15, 0.2) is 78.9 Å². The molecule has 0 fully saturated rings.